The van der Waals surface area contributed by atoms with Gasteiger partial charge in [-0.05, 0) is 74.5 Å². The number of hydrogen-bond donors (Lipinski definition) is 1. The molecular weight excluding hydrogens is 489 g/mol. The van der Waals surface area contributed by atoms with Gasteiger partial charge >= 0.3 is 0 Å². The Kier molecular flexibility index (Phi) is 5.15. The highest BCUT2D eigenvalue weighted by atomic mass is 127. The van der Waals surface area contributed by atoms with Crippen LogP contribution in [-0.4, -0.2) is 46.7 Å². The van der Waals surface area contributed by atoms with Gasteiger partial charge in [-0.2, -0.15) is 0 Å². The van der Waals surface area contributed by atoms with E-state index in [2.05, 4.69) is 42.2 Å². The summed E-state index contributed by atoms with van der Waals surface area (Å²) in [6, 6.07) is 0.0387. The predicted molar refractivity (Wildman–Crippen MR) is 119 cm³/mol. The van der Waals surface area contributed by atoms with E-state index in [1.165, 1.54) is 0 Å². The summed E-state index contributed by atoms with van der Waals surface area (Å²) in [4.78, 5) is 11.4. The molecule has 2 aliphatic rings. The van der Waals surface area contributed by atoms with Crippen LogP contribution in [0.15, 0.2) is 18.6 Å². The van der Waals surface area contributed by atoms with Crippen molar-refractivity contribution in [1.29, 1.82) is 0 Å². The van der Waals surface area contributed by atoms with Crippen molar-refractivity contribution in [3.63, 3.8) is 0 Å². The standard InChI is InChI=1S/C19H28IN5O2S/c1-18(2,3)28(26,27)23-15-5-4-6-19(15)7-10-24(11-8-19)17-22-13-14(20)16-21-9-12-25(16)17/h9,12-13,15,23H,4-8,10-11H2,1-3H3/t15-/m1/s1. The lowest BCUT2D eigenvalue weighted by atomic mass is 9.74. The SMILES string of the molecule is CC(C)(C)S(=O)(=O)N[C@@H]1CCCC12CCN(c1ncc(I)c3nccn13)CC2. The first-order chi connectivity index (χ1) is 13.1. The van der Waals surface area contributed by atoms with Gasteiger partial charge in [-0.3, -0.25) is 4.40 Å². The van der Waals surface area contributed by atoms with Crippen LogP contribution in [0.3, 0.4) is 0 Å². The number of fused-ring (bicyclic) bond motifs is 1. The number of sulfonamides is 1. The van der Waals surface area contributed by atoms with E-state index in [0.717, 1.165) is 60.4 Å². The van der Waals surface area contributed by atoms with Gasteiger partial charge in [-0.1, -0.05) is 6.42 Å². The molecule has 2 aromatic heterocycles. The lowest BCUT2D eigenvalue weighted by Gasteiger charge is -2.44. The third kappa shape index (κ3) is 3.43. The van der Waals surface area contributed by atoms with Crippen molar-refractivity contribution >= 4 is 44.2 Å². The van der Waals surface area contributed by atoms with Crippen molar-refractivity contribution in [3.8, 4) is 0 Å². The fourth-order valence-electron chi connectivity index (χ4n) is 4.55. The van der Waals surface area contributed by atoms with Crippen LogP contribution >= 0.6 is 22.6 Å². The largest absolute Gasteiger partial charge is 0.342 e. The molecule has 0 amide bonds. The summed E-state index contributed by atoms with van der Waals surface area (Å²) in [5, 5.41) is 0. The van der Waals surface area contributed by atoms with Crippen LogP contribution in [0.2, 0.25) is 0 Å². The van der Waals surface area contributed by atoms with Gasteiger partial charge < -0.3 is 4.90 Å². The number of anilines is 1. The van der Waals surface area contributed by atoms with Crippen molar-refractivity contribution in [2.45, 2.75) is 63.7 Å². The summed E-state index contributed by atoms with van der Waals surface area (Å²) in [5.74, 6) is 0.924. The van der Waals surface area contributed by atoms with Gasteiger partial charge in [-0.25, -0.2) is 23.1 Å². The van der Waals surface area contributed by atoms with Gasteiger partial charge in [0.05, 0.1) is 8.32 Å². The molecule has 28 heavy (non-hydrogen) atoms. The Morgan fingerprint density at radius 3 is 2.61 bits per heavy atom. The van der Waals surface area contributed by atoms with Gasteiger partial charge in [0, 0.05) is 37.7 Å². The van der Waals surface area contributed by atoms with Gasteiger partial charge in [-0.15, -0.1) is 0 Å². The Morgan fingerprint density at radius 1 is 1.21 bits per heavy atom. The molecular formula is C19H28IN5O2S. The highest BCUT2D eigenvalue weighted by Gasteiger charge is 2.47. The molecule has 154 valence electrons. The number of hydrogen-bond acceptors (Lipinski definition) is 5. The Morgan fingerprint density at radius 2 is 1.93 bits per heavy atom. The fraction of sp³-hybridized carbons (Fsp3) is 0.684. The lowest BCUT2D eigenvalue weighted by molar-refractivity contribution is 0.186. The second-order valence-electron chi connectivity index (χ2n) is 9.05. The molecule has 1 saturated heterocycles. The second kappa shape index (κ2) is 7.09. The molecule has 1 N–H and O–H groups in total. The Bertz CT molecular complexity index is 974. The molecule has 1 saturated carbocycles. The second-order valence-corrected chi connectivity index (χ2v) is 12.7. The maximum absolute atomic E-state index is 12.7. The first kappa shape index (κ1) is 20.3. The molecule has 9 heteroatoms. The van der Waals surface area contributed by atoms with E-state index in [-0.39, 0.29) is 11.5 Å². The normalized spacial score (nSPS) is 23.0. The van der Waals surface area contributed by atoms with Gasteiger partial charge in [0.2, 0.25) is 16.0 Å². The fourth-order valence-corrected chi connectivity index (χ4v) is 6.18. The van der Waals surface area contributed by atoms with Crippen molar-refractivity contribution in [1.82, 2.24) is 19.1 Å². The summed E-state index contributed by atoms with van der Waals surface area (Å²) < 4.78 is 30.8. The average molecular weight is 517 g/mol. The first-order valence-electron chi connectivity index (χ1n) is 9.87. The zero-order valence-electron chi connectivity index (χ0n) is 16.7. The molecule has 0 bridgehead atoms. The molecule has 0 radical (unpaired) electrons. The summed E-state index contributed by atoms with van der Waals surface area (Å²) in [6.07, 6.45) is 10.7. The van der Waals surface area contributed by atoms with Crippen LogP contribution in [0, 0.1) is 8.99 Å². The molecule has 2 fully saturated rings. The van der Waals surface area contributed by atoms with Crippen LogP contribution in [0.5, 0.6) is 0 Å². The smallest absolute Gasteiger partial charge is 0.216 e. The molecule has 3 heterocycles. The summed E-state index contributed by atoms with van der Waals surface area (Å²) in [5.41, 5.74) is 0.995. The summed E-state index contributed by atoms with van der Waals surface area (Å²) in [6.45, 7) is 7.05. The van der Waals surface area contributed by atoms with E-state index in [1.807, 2.05) is 23.0 Å². The molecule has 7 nitrogen and oxygen atoms in total. The van der Waals surface area contributed by atoms with Gasteiger partial charge in [0.1, 0.15) is 0 Å². The zero-order chi connectivity index (χ0) is 20.2. The highest BCUT2D eigenvalue weighted by Crippen LogP contribution is 2.47. The minimum Gasteiger partial charge on any atom is -0.342 e. The van der Waals surface area contributed by atoms with E-state index < -0.39 is 14.8 Å². The molecule has 1 atom stereocenters. The Labute approximate surface area is 180 Å². The number of nitrogens with zero attached hydrogens (tertiary/aromatic N) is 4. The maximum Gasteiger partial charge on any atom is 0.216 e. The number of nitrogens with one attached hydrogen (secondary N) is 1. The van der Waals surface area contributed by atoms with Crippen LogP contribution in [0.25, 0.3) is 5.65 Å². The Balaban J connectivity index is 1.52. The van der Waals surface area contributed by atoms with Crippen LogP contribution in [0.4, 0.5) is 5.95 Å². The molecule has 0 unspecified atom stereocenters. The number of imidazole rings is 1. The van der Waals surface area contributed by atoms with E-state index in [4.69, 9.17) is 0 Å². The van der Waals surface area contributed by atoms with E-state index in [1.54, 1.807) is 20.8 Å². The third-order valence-electron chi connectivity index (χ3n) is 6.42. The number of rotatable bonds is 3. The average Bonchev–Trinajstić information content (AvgIpc) is 3.24. The molecule has 1 aliphatic heterocycles. The van der Waals surface area contributed by atoms with Crippen molar-refractivity contribution < 1.29 is 8.42 Å². The van der Waals surface area contributed by atoms with Crippen LogP contribution in [0.1, 0.15) is 52.9 Å². The molecule has 1 aliphatic carbocycles. The summed E-state index contributed by atoms with van der Waals surface area (Å²) in [7, 11) is -3.34. The van der Waals surface area contributed by atoms with Gasteiger partial charge in [0.25, 0.3) is 0 Å². The van der Waals surface area contributed by atoms with Crippen LogP contribution < -0.4 is 9.62 Å². The lowest BCUT2D eigenvalue weighted by Crippen LogP contribution is -2.53. The van der Waals surface area contributed by atoms with Crippen molar-refractivity contribution in [3.05, 3.63) is 22.2 Å². The number of halogens is 1. The van der Waals surface area contributed by atoms with E-state index in [9.17, 15) is 8.42 Å². The minimum absolute atomic E-state index is 0.0387. The maximum atomic E-state index is 12.7. The van der Waals surface area contributed by atoms with Crippen LogP contribution in [-0.2, 0) is 10.0 Å². The van der Waals surface area contributed by atoms with E-state index >= 15 is 0 Å². The molecule has 0 aromatic carbocycles. The third-order valence-corrected chi connectivity index (χ3v) is 9.38. The quantitative estimate of drug-likeness (QED) is 0.633. The minimum atomic E-state index is -3.34. The topological polar surface area (TPSA) is 79.6 Å². The van der Waals surface area contributed by atoms with Gasteiger partial charge in [0.15, 0.2) is 5.65 Å². The monoisotopic (exact) mass is 517 g/mol. The molecule has 1 spiro atoms. The Hall–Kier alpha value is -0.940. The summed E-state index contributed by atoms with van der Waals surface area (Å²) >= 11 is 2.26. The zero-order valence-corrected chi connectivity index (χ0v) is 19.6. The molecule has 4 rings (SSSR count). The van der Waals surface area contributed by atoms with E-state index in [0.29, 0.717) is 0 Å². The predicted octanol–water partition coefficient (Wildman–Crippen LogP) is 3.19. The number of piperidine rings is 1. The van der Waals surface area contributed by atoms with Crippen molar-refractivity contribution in [2.75, 3.05) is 18.0 Å². The number of aromatic nitrogens is 3. The van der Waals surface area contributed by atoms with Crippen molar-refractivity contribution in [2.24, 2.45) is 5.41 Å². The molecule has 2 aromatic rings. The highest BCUT2D eigenvalue weighted by molar-refractivity contribution is 14.1. The first-order valence-corrected chi connectivity index (χ1v) is 12.4.